The third-order valence-corrected chi connectivity index (χ3v) is 4.19. The lowest BCUT2D eigenvalue weighted by Gasteiger charge is -2.07. The Kier molecular flexibility index (Phi) is 6.63. The van der Waals surface area contributed by atoms with Gasteiger partial charge in [-0.1, -0.05) is 31.5 Å². The number of hydrogen-bond acceptors (Lipinski definition) is 5. The number of hydrogen-bond donors (Lipinski definition) is 1. The highest BCUT2D eigenvalue weighted by Crippen LogP contribution is 2.16. The Bertz CT molecular complexity index is 675. The molecule has 2 rings (SSSR count). The minimum Gasteiger partial charge on any atom is -0.325 e. The van der Waals surface area contributed by atoms with Gasteiger partial charge in [-0.25, -0.2) is 0 Å². The van der Waals surface area contributed by atoms with Crippen molar-refractivity contribution in [3.63, 3.8) is 0 Å². The van der Waals surface area contributed by atoms with Crippen molar-refractivity contribution in [3.8, 4) is 6.07 Å². The van der Waals surface area contributed by atoms with Crippen molar-refractivity contribution in [2.24, 2.45) is 0 Å². The van der Waals surface area contributed by atoms with Crippen LogP contribution >= 0.6 is 11.8 Å². The number of thioether (sulfide) groups is 1. The third-order valence-electron chi connectivity index (χ3n) is 3.21. The molecule has 0 saturated heterocycles. The van der Waals surface area contributed by atoms with E-state index in [-0.39, 0.29) is 11.7 Å². The van der Waals surface area contributed by atoms with Gasteiger partial charge in [0.05, 0.1) is 17.4 Å². The fourth-order valence-electron chi connectivity index (χ4n) is 2.00. The Hall–Kier alpha value is -2.33. The normalized spacial score (nSPS) is 10.3. The first-order valence-electron chi connectivity index (χ1n) is 7.53. The standard InChI is InChI=1S/C16H19N5OS/c1-2-3-4-9-21-12-18-20-16(21)23-11-15(22)19-14-7-5-13(10-17)6-8-14/h5-8,12H,2-4,9,11H2,1H3,(H,19,22). The lowest BCUT2D eigenvalue weighted by molar-refractivity contribution is -0.113. The molecule has 1 amide bonds. The predicted octanol–water partition coefficient (Wildman–Crippen LogP) is 3.07. The number of rotatable bonds is 8. The third kappa shape index (κ3) is 5.42. The quantitative estimate of drug-likeness (QED) is 0.594. The molecule has 0 saturated carbocycles. The van der Waals surface area contributed by atoms with E-state index >= 15 is 0 Å². The van der Waals surface area contributed by atoms with Crippen LogP contribution in [-0.2, 0) is 11.3 Å². The number of anilines is 1. The summed E-state index contributed by atoms with van der Waals surface area (Å²) in [5.41, 5.74) is 1.25. The lowest BCUT2D eigenvalue weighted by Crippen LogP contribution is -2.14. The number of benzene rings is 1. The number of unbranched alkanes of at least 4 members (excludes halogenated alkanes) is 2. The highest BCUT2D eigenvalue weighted by molar-refractivity contribution is 7.99. The molecule has 0 aliphatic heterocycles. The van der Waals surface area contributed by atoms with Gasteiger partial charge >= 0.3 is 0 Å². The molecule has 6 nitrogen and oxygen atoms in total. The maximum absolute atomic E-state index is 12.0. The van der Waals surface area contributed by atoms with Gasteiger partial charge in [-0.15, -0.1) is 10.2 Å². The van der Waals surface area contributed by atoms with Crippen LogP contribution in [0.4, 0.5) is 5.69 Å². The Morgan fingerprint density at radius 3 is 2.83 bits per heavy atom. The van der Waals surface area contributed by atoms with Crippen molar-refractivity contribution < 1.29 is 4.79 Å². The fraction of sp³-hybridized carbons (Fsp3) is 0.375. The molecule has 1 N–H and O–H groups in total. The molecular weight excluding hydrogens is 310 g/mol. The maximum atomic E-state index is 12.0. The molecule has 0 radical (unpaired) electrons. The first kappa shape index (κ1) is 17.0. The second-order valence-electron chi connectivity index (χ2n) is 5.04. The number of aryl methyl sites for hydroxylation is 1. The van der Waals surface area contributed by atoms with E-state index in [0.717, 1.165) is 24.5 Å². The number of carbonyl (C=O) groups excluding carboxylic acids is 1. The molecule has 7 heteroatoms. The fourth-order valence-corrected chi connectivity index (χ4v) is 2.74. The zero-order valence-electron chi connectivity index (χ0n) is 13.0. The Labute approximate surface area is 139 Å². The number of nitrogens with zero attached hydrogens (tertiary/aromatic N) is 4. The van der Waals surface area contributed by atoms with Crippen LogP contribution in [0.3, 0.4) is 0 Å². The number of amides is 1. The Morgan fingerprint density at radius 1 is 1.35 bits per heavy atom. The van der Waals surface area contributed by atoms with Crippen molar-refractivity contribution >= 4 is 23.4 Å². The summed E-state index contributed by atoms with van der Waals surface area (Å²) < 4.78 is 1.98. The Balaban J connectivity index is 1.82. The molecule has 2 aromatic rings. The van der Waals surface area contributed by atoms with Crippen molar-refractivity contribution in [2.45, 2.75) is 37.9 Å². The first-order chi connectivity index (χ1) is 11.2. The molecular formula is C16H19N5OS. The minimum absolute atomic E-state index is 0.109. The smallest absolute Gasteiger partial charge is 0.234 e. The monoisotopic (exact) mass is 329 g/mol. The topological polar surface area (TPSA) is 83.6 Å². The summed E-state index contributed by atoms with van der Waals surface area (Å²) in [6, 6.07) is 8.82. The predicted molar refractivity (Wildman–Crippen MR) is 90.1 cm³/mol. The molecule has 1 heterocycles. The van der Waals surface area contributed by atoms with Crippen molar-refractivity contribution in [1.29, 1.82) is 5.26 Å². The summed E-state index contributed by atoms with van der Waals surface area (Å²) in [7, 11) is 0. The van der Waals surface area contributed by atoms with E-state index in [4.69, 9.17) is 5.26 Å². The van der Waals surface area contributed by atoms with Gasteiger partial charge in [0.15, 0.2) is 5.16 Å². The molecule has 120 valence electrons. The van der Waals surface area contributed by atoms with E-state index in [1.807, 2.05) is 10.6 Å². The van der Waals surface area contributed by atoms with Crippen LogP contribution in [0.2, 0.25) is 0 Å². The number of carbonyl (C=O) groups is 1. The number of nitriles is 1. The zero-order valence-corrected chi connectivity index (χ0v) is 13.8. The molecule has 0 aliphatic rings. The van der Waals surface area contributed by atoms with Gasteiger partial charge in [0.1, 0.15) is 6.33 Å². The highest BCUT2D eigenvalue weighted by atomic mass is 32.2. The summed E-state index contributed by atoms with van der Waals surface area (Å²) in [4.78, 5) is 12.0. The van der Waals surface area contributed by atoms with Gasteiger partial charge in [-0.05, 0) is 30.7 Å². The van der Waals surface area contributed by atoms with Gasteiger partial charge in [0.2, 0.25) is 5.91 Å². The summed E-state index contributed by atoms with van der Waals surface area (Å²) in [5, 5.41) is 20.3. The van der Waals surface area contributed by atoms with Crippen LogP contribution in [0, 0.1) is 11.3 Å². The van der Waals surface area contributed by atoms with E-state index < -0.39 is 0 Å². The van der Waals surface area contributed by atoms with Gasteiger partial charge in [0.25, 0.3) is 0 Å². The maximum Gasteiger partial charge on any atom is 0.234 e. The van der Waals surface area contributed by atoms with Gasteiger partial charge in [-0.3, -0.25) is 4.79 Å². The van der Waals surface area contributed by atoms with Crippen molar-refractivity contribution in [3.05, 3.63) is 36.2 Å². The molecule has 23 heavy (non-hydrogen) atoms. The minimum atomic E-state index is -0.109. The molecule has 0 spiro atoms. The van der Waals surface area contributed by atoms with E-state index in [0.29, 0.717) is 11.3 Å². The van der Waals surface area contributed by atoms with Gasteiger partial charge in [-0.2, -0.15) is 5.26 Å². The van der Waals surface area contributed by atoms with Crippen LogP contribution in [-0.4, -0.2) is 26.4 Å². The van der Waals surface area contributed by atoms with Crippen LogP contribution in [0.15, 0.2) is 35.7 Å². The number of aromatic nitrogens is 3. The summed E-state index contributed by atoms with van der Waals surface area (Å²) >= 11 is 1.37. The largest absolute Gasteiger partial charge is 0.325 e. The van der Waals surface area contributed by atoms with Gasteiger partial charge in [0, 0.05) is 12.2 Å². The first-order valence-corrected chi connectivity index (χ1v) is 8.52. The van der Waals surface area contributed by atoms with Crippen molar-refractivity contribution in [2.75, 3.05) is 11.1 Å². The summed E-state index contributed by atoms with van der Waals surface area (Å²) in [6.07, 6.45) is 5.12. The summed E-state index contributed by atoms with van der Waals surface area (Å²) in [5.74, 6) is 0.162. The van der Waals surface area contributed by atoms with E-state index in [1.54, 1.807) is 30.6 Å². The van der Waals surface area contributed by atoms with Crippen LogP contribution in [0.1, 0.15) is 31.7 Å². The van der Waals surface area contributed by atoms with Crippen LogP contribution in [0.5, 0.6) is 0 Å². The molecule has 0 fully saturated rings. The Morgan fingerprint density at radius 2 is 2.13 bits per heavy atom. The SMILES string of the molecule is CCCCCn1cnnc1SCC(=O)Nc1ccc(C#N)cc1. The van der Waals surface area contributed by atoms with E-state index in [2.05, 4.69) is 22.4 Å². The lowest BCUT2D eigenvalue weighted by atomic mass is 10.2. The molecule has 0 atom stereocenters. The molecule has 0 aliphatic carbocycles. The van der Waals surface area contributed by atoms with E-state index in [9.17, 15) is 4.79 Å². The van der Waals surface area contributed by atoms with Crippen LogP contribution in [0.25, 0.3) is 0 Å². The molecule has 0 unspecified atom stereocenters. The van der Waals surface area contributed by atoms with E-state index in [1.165, 1.54) is 18.2 Å². The average molecular weight is 329 g/mol. The average Bonchev–Trinajstić information content (AvgIpc) is 3.01. The summed E-state index contributed by atoms with van der Waals surface area (Å²) in [6.45, 7) is 3.04. The van der Waals surface area contributed by atoms with Crippen LogP contribution < -0.4 is 5.32 Å². The second kappa shape index (κ2) is 8.96. The zero-order chi connectivity index (χ0) is 16.5. The second-order valence-corrected chi connectivity index (χ2v) is 5.98. The molecule has 0 bridgehead atoms. The van der Waals surface area contributed by atoms with Gasteiger partial charge < -0.3 is 9.88 Å². The molecule has 1 aromatic heterocycles. The highest BCUT2D eigenvalue weighted by Gasteiger charge is 2.09. The number of nitrogens with one attached hydrogen (secondary N) is 1. The van der Waals surface area contributed by atoms with Crippen molar-refractivity contribution in [1.82, 2.24) is 14.8 Å². The molecule has 1 aromatic carbocycles.